The predicted octanol–water partition coefficient (Wildman–Crippen LogP) is 1.47. The summed E-state index contributed by atoms with van der Waals surface area (Å²) in [4.78, 5) is 36.7. The third-order valence-electron chi connectivity index (χ3n) is 4.78. The van der Waals surface area contributed by atoms with E-state index in [0.717, 1.165) is 0 Å². The van der Waals surface area contributed by atoms with Crippen LogP contribution in [0.25, 0.3) is 0 Å². The van der Waals surface area contributed by atoms with Crippen molar-refractivity contribution in [3.8, 4) is 0 Å². The van der Waals surface area contributed by atoms with Crippen LogP contribution < -0.4 is 10.2 Å². The third kappa shape index (κ3) is 3.11. The van der Waals surface area contributed by atoms with E-state index in [1.165, 1.54) is 17.0 Å². The number of rotatable bonds is 4. The van der Waals surface area contributed by atoms with Crippen LogP contribution in [0.5, 0.6) is 0 Å². The van der Waals surface area contributed by atoms with Crippen molar-refractivity contribution in [2.75, 3.05) is 11.4 Å². The van der Waals surface area contributed by atoms with Crippen LogP contribution in [0.1, 0.15) is 24.8 Å². The molecule has 0 aromatic heterocycles. The maximum atomic E-state index is 13.4. The molecular formula is C17H19FN2O4. The molecule has 1 unspecified atom stereocenters. The number of nitrogens with zero attached hydrogens (tertiary/aromatic N) is 1. The summed E-state index contributed by atoms with van der Waals surface area (Å²) in [6.45, 7) is 1.88. The van der Waals surface area contributed by atoms with E-state index < -0.39 is 11.9 Å². The van der Waals surface area contributed by atoms with Crippen LogP contribution in [0, 0.1) is 24.6 Å². The van der Waals surface area contributed by atoms with Crippen LogP contribution in [-0.4, -0.2) is 35.5 Å². The second-order valence-corrected chi connectivity index (χ2v) is 6.55. The molecule has 7 heteroatoms. The quantitative estimate of drug-likeness (QED) is 0.873. The molecule has 0 spiro atoms. The van der Waals surface area contributed by atoms with E-state index in [0.29, 0.717) is 24.1 Å². The Morgan fingerprint density at radius 2 is 2.00 bits per heavy atom. The first-order valence-corrected chi connectivity index (χ1v) is 7.95. The van der Waals surface area contributed by atoms with Crippen LogP contribution >= 0.6 is 0 Å². The average molecular weight is 334 g/mol. The molecule has 0 radical (unpaired) electrons. The monoisotopic (exact) mass is 334 g/mol. The van der Waals surface area contributed by atoms with Gasteiger partial charge in [0.1, 0.15) is 5.82 Å². The maximum Gasteiger partial charge on any atom is 0.306 e. The van der Waals surface area contributed by atoms with Crippen LogP contribution in [0.4, 0.5) is 10.1 Å². The lowest BCUT2D eigenvalue weighted by atomic mass is 9.80. The fraction of sp³-hybridized carbons (Fsp3) is 0.471. The maximum absolute atomic E-state index is 13.4. The summed E-state index contributed by atoms with van der Waals surface area (Å²) >= 11 is 0. The zero-order chi connectivity index (χ0) is 17.4. The number of benzene rings is 1. The highest BCUT2D eigenvalue weighted by Gasteiger charge is 2.39. The number of hydrogen-bond acceptors (Lipinski definition) is 3. The Labute approximate surface area is 138 Å². The molecule has 0 bridgehead atoms. The minimum Gasteiger partial charge on any atom is -0.481 e. The summed E-state index contributed by atoms with van der Waals surface area (Å²) in [5, 5.41) is 11.7. The lowest BCUT2D eigenvalue weighted by molar-refractivity contribution is -0.146. The van der Waals surface area contributed by atoms with Crippen molar-refractivity contribution in [3.63, 3.8) is 0 Å². The van der Waals surface area contributed by atoms with Gasteiger partial charge in [-0.1, -0.05) is 0 Å². The predicted molar refractivity (Wildman–Crippen MR) is 83.9 cm³/mol. The Kier molecular flexibility index (Phi) is 4.26. The molecule has 3 rings (SSSR count). The minimum absolute atomic E-state index is 0.108. The summed E-state index contributed by atoms with van der Waals surface area (Å²) in [7, 11) is 0. The normalized spacial score (nSPS) is 26.2. The number of nitrogens with one attached hydrogen (secondary N) is 1. The van der Waals surface area contributed by atoms with Gasteiger partial charge in [0.05, 0.1) is 11.8 Å². The van der Waals surface area contributed by atoms with E-state index in [4.69, 9.17) is 5.11 Å². The number of halogens is 1. The number of aryl methyl sites for hydroxylation is 1. The van der Waals surface area contributed by atoms with Crippen LogP contribution in [0.3, 0.4) is 0 Å². The fourth-order valence-electron chi connectivity index (χ4n) is 3.19. The topological polar surface area (TPSA) is 86.7 Å². The smallest absolute Gasteiger partial charge is 0.306 e. The Balaban J connectivity index is 1.59. The van der Waals surface area contributed by atoms with Gasteiger partial charge in [0.25, 0.3) is 0 Å². The van der Waals surface area contributed by atoms with Crippen molar-refractivity contribution in [1.29, 1.82) is 0 Å². The van der Waals surface area contributed by atoms with Crippen molar-refractivity contribution in [3.05, 3.63) is 29.6 Å². The van der Waals surface area contributed by atoms with Gasteiger partial charge >= 0.3 is 5.97 Å². The molecule has 1 aromatic rings. The van der Waals surface area contributed by atoms with Crippen LogP contribution in [-0.2, 0) is 14.4 Å². The second-order valence-electron chi connectivity index (χ2n) is 6.55. The summed E-state index contributed by atoms with van der Waals surface area (Å²) in [5.41, 5.74) is 1.03. The zero-order valence-corrected chi connectivity index (χ0v) is 13.3. The molecule has 1 saturated carbocycles. The van der Waals surface area contributed by atoms with Crippen molar-refractivity contribution < 1.29 is 23.9 Å². The van der Waals surface area contributed by atoms with Gasteiger partial charge in [-0.2, -0.15) is 0 Å². The average Bonchev–Trinajstić information content (AvgIpc) is 2.87. The third-order valence-corrected chi connectivity index (χ3v) is 4.78. The largest absolute Gasteiger partial charge is 0.481 e. The molecule has 6 nitrogen and oxygen atoms in total. The van der Waals surface area contributed by atoms with Gasteiger partial charge in [0.2, 0.25) is 11.8 Å². The Morgan fingerprint density at radius 3 is 2.62 bits per heavy atom. The van der Waals surface area contributed by atoms with E-state index in [9.17, 15) is 18.8 Å². The molecule has 2 fully saturated rings. The highest BCUT2D eigenvalue weighted by molar-refractivity contribution is 6.00. The number of carbonyl (C=O) groups excluding carboxylic acids is 2. The first-order chi connectivity index (χ1) is 11.3. The molecule has 2 aliphatic rings. The van der Waals surface area contributed by atoms with Gasteiger partial charge in [-0.25, -0.2) is 4.39 Å². The van der Waals surface area contributed by atoms with Crippen molar-refractivity contribution in [2.24, 2.45) is 11.8 Å². The van der Waals surface area contributed by atoms with Gasteiger partial charge < -0.3 is 15.3 Å². The summed E-state index contributed by atoms with van der Waals surface area (Å²) < 4.78 is 13.4. The minimum atomic E-state index is -0.839. The molecule has 1 atom stereocenters. The van der Waals surface area contributed by atoms with E-state index in [2.05, 4.69) is 5.32 Å². The SMILES string of the molecule is Cc1cc(N2CC(C(=O)NC3CC(C(=O)O)C3)CC2=O)ccc1F. The number of amides is 2. The van der Waals surface area contributed by atoms with Crippen LogP contribution in [0.2, 0.25) is 0 Å². The molecule has 1 saturated heterocycles. The lowest BCUT2D eigenvalue weighted by Crippen LogP contribution is -2.48. The number of hydrogen-bond donors (Lipinski definition) is 2. The highest BCUT2D eigenvalue weighted by atomic mass is 19.1. The molecule has 1 aliphatic carbocycles. The summed E-state index contributed by atoms with van der Waals surface area (Å²) in [6, 6.07) is 4.31. The van der Waals surface area contributed by atoms with Gasteiger partial charge in [0, 0.05) is 24.7 Å². The summed E-state index contributed by atoms with van der Waals surface area (Å²) in [5.74, 6) is -2.42. The number of carboxylic acids is 1. The van der Waals surface area contributed by atoms with Gasteiger partial charge in [-0.3, -0.25) is 14.4 Å². The first kappa shape index (κ1) is 16.4. The van der Waals surface area contributed by atoms with Gasteiger partial charge in [-0.15, -0.1) is 0 Å². The Hall–Kier alpha value is -2.44. The molecular weight excluding hydrogens is 315 g/mol. The molecule has 128 valence electrons. The van der Waals surface area contributed by atoms with E-state index in [1.807, 2.05) is 0 Å². The molecule has 2 amide bonds. The first-order valence-electron chi connectivity index (χ1n) is 7.95. The van der Waals surface area contributed by atoms with Crippen molar-refractivity contribution in [1.82, 2.24) is 5.32 Å². The molecule has 24 heavy (non-hydrogen) atoms. The summed E-state index contributed by atoms with van der Waals surface area (Å²) in [6.07, 6.45) is 0.975. The van der Waals surface area contributed by atoms with E-state index in [-0.39, 0.29) is 42.6 Å². The van der Waals surface area contributed by atoms with Crippen LogP contribution in [0.15, 0.2) is 18.2 Å². The van der Waals surface area contributed by atoms with Crippen molar-refractivity contribution >= 4 is 23.5 Å². The van der Waals surface area contributed by atoms with Crippen molar-refractivity contribution in [2.45, 2.75) is 32.2 Å². The number of anilines is 1. The fourth-order valence-corrected chi connectivity index (χ4v) is 3.19. The van der Waals surface area contributed by atoms with E-state index >= 15 is 0 Å². The second kappa shape index (κ2) is 6.22. The van der Waals surface area contributed by atoms with Gasteiger partial charge in [-0.05, 0) is 43.5 Å². The Morgan fingerprint density at radius 1 is 1.29 bits per heavy atom. The molecule has 1 aliphatic heterocycles. The lowest BCUT2D eigenvalue weighted by Gasteiger charge is -2.33. The van der Waals surface area contributed by atoms with E-state index in [1.54, 1.807) is 13.0 Å². The number of aliphatic carboxylic acids is 1. The number of carbonyl (C=O) groups is 3. The standard InChI is InChI=1S/C17H19FN2O4/c1-9-4-13(2-3-14(9)18)20-8-11(7-15(20)21)16(22)19-12-5-10(6-12)17(23)24/h2-4,10-12H,5-8H2,1H3,(H,19,22)(H,23,24). The highest BCUT2D eigenvalue weighted by Crippen LogP contribution is 2.30. The Bertz CT molecular complexity index is 700. The zero-order valence-electron chi connectivity index (χ0n) is 13.3. The molecule has 1 aromatic carbocycles. The van der Waals surface area contributed by atoms with Gasteiger partial charge in [0.15, 0.2) is 0 Å². The molecule has 2 N–H and O–H groups in total. The molecule has 1 heterocycles. The number of carboxylic acid groups (broad SMARTS) is 1.